The van der Waals surface area contributed by atoms with Gasteiger partial charge in [0.25, 0.3) is 0 Å². The molecule has 54 valence electrons. The van der Waals surface area contributed by atoms with Gasteiger partial charge in [0.1, 0.15) is 0 Å². The molecule has 0 aliphatic heterocycles. The van der Waals surface area contributed by atoms with Crippen LogP contribution in [0.2, 0.25) is 0 Å². The minimum Gasteiger partial charge on any atom is -0.515 e. The lowest BCUT2D eigenvalue weighted by molar-refractivity contribution is -0.112. The molecule has 0 heterocycles. The minimum atomic E-state index is -0.629. The summed E-state index contributed by atoms with van der Waals surface area (Å²) in [5.74, 6) is -0.229. The highest BCUT2D eigenvalue weighted by Gasteiger charge is 2.15. The molecule has 1 rings (SSSR count). The first kappa shape index (κ1) is 7.02. The van der Waals surface area contributed by atoms with Crippen LogP contribution in [0.1, 0.15) is 6.42 Å². The van der Waals surface area contributed by atoms with Crippen molar-refractivity contribution in [1.82, 2.24) is 0 Å². The summed E-state index contributed by atoms with van der Waals surface area (Å²) < 4.78 is 0. The third-order valence-electron chi connectivity index (χ3n) is 1.37. The van der Waals surface area contributed by atoms with E-state index in [1.165, 1.54) is 12.2 Å². The third-order valence-corrected chi connectivity index (χ3v) is 1.37. The van der Waals surface area contributed by atoms with E-state index >= 15 is 0 Å². The normalized spacial score (nSPS) is 29.5. The Labute approximate surface area is 58.3 Å². The summed E-state index contributed by atoms with van der Waals surface area (Å²) in [6.45, 7) is 0. The first-order valence-electron chi connectivity index (χ1n) is 2.98. The van der Waals surface area contributed by atoms with Crippen LogP contribution >= 0.6 is 0 Å². The number of allylic oxidation sites excluding steroid dienone is 1. The van der Waals surface area contributed by atoms with Crippen LogP contribution in [-0.2, 0) is 4.79 Å². The molecule has 1 unspecified atom stereocenters. The number of carbonyl (C=O) groups is 1. The van der Waals surface area contributed by atoms with Gasteiger partial charge in [-0.1, -0.05) is 6.08 Å². The Morgan fingerprint density at radius 2 is 2.40 bits per heavy atom. The number of aliphatic hydroxyl groups is 2. The molecule has 0 amide bonds. The zero-order valence-corrected chi connectivity index (χ0v) is 5.32. The van der Waals surface area contributed by atoms with Gasteiger partial charge < -0.3 is 10.2 Å². The molecular weight excluding hydrogens is 132 g/mol. The fourth-order valence-corrected chi connectivity index (χ4v) is 0.816. The highest BCUT2D eigenvalue weighted by atomic mass is 16.3. The molecule has 0 radical (unpaired) electrons. The summed E-state index contributed by atoms with van der Waals surface area (Å²) in [6, 6.07) is 0. The number of aliphatic hydroxyl groups excluding tert-OH is 2. The van der Waals surface area contributed by atoms with Gasteiger partial charge in [-0.3, -0.25) is 4.79 Å². The summed E-state index contributed by atoms with van der Waals surface area (Å²) in [5.41, 5.74) is 0.259. The summed E-state index contributed by atoms with van der Waals surface area (Å²) in [4.78, 5) is 10.7. The second-order valence-electron chi connectivity index (χ2n) is 2.15. The molecule has 2 N–H and O–H groups in total. The average molecular weight is 140 g/mol. The van der Waals surface area contributed by atoms with E-state index < -0.39 is 6.10 Å². The standard InChI is InChI=1S/C7H8O3/c8-4-5-3-6(9)1-2-7(5)10/h1-2,4,6,8-9H,3H2. The minimum absolute atomic E-state index is 0.214. The lowest BCUT2D eigenvalue weighted by atomic mass is 9.99. The van der Waals surface area contributed by atoms with Crippen LogP contribution in [0.25, 0.3) is 0 Å². The van der Waals surface area contributed by atoms with Crippen molar-refractivity contribution < 1.29 is 15.0 Å². The fourth-order valence-electron chi connectivity index (χ4n) is 0.816. The maximum Gasteiger partial charge on any atom is 0.184 e. The monoisotopic (exact) mass is 140 g/mol. The van der Waals surface area contributed by atoms with Gasteiger partial charge in [-0.2, -0.15) is 0 Å². The lowest BCUT2D eigenvalue weighted by Gasteiger charge is -2.10. The van der Waals surface area contributed by atoms with Crippen LogP contribution in [0.5, 0.6) is 0 Å². The molecule has 1 aliphatic carbocycles. The first-order chi connectivity index (χ1) is 4.74. The Balaban J connectivity index is 2.82. The van der Waals surface area contributed by atoms with Gasteiger partial charge in [-0.25, -0.2) is 0 Å². The molecule has 3 heteroatoms. The van der Waals surface area contributed by atoms with Crippen LogP contribution in [0, 0.1) is 0 Å². The maximum atomic E-state index is 10.7. The van der Waals surface area contributed by atoms with Gasteiger partial charge in [-0.05, 0) is 6.08 Å². The van der Waals surface area contributed by atoms with Gasteiger partial charge in [-0.15, -0.1) is 0 Å². The molecule has 3 nitrogen and oxygen atoms in total. The van der Waals surface area contributed by atoms with Crippen LogP contribution in [0.4, 0.5) is 0 Å². The molecule has 0 bridgehead atoms. The smallest absolute Gasteiger partial charge is 0.184 e. The van der Waals surface area contributed by atoms with Crippen molar-refractivity contribution >= 4 is 5.78 Å². The molecule has 0 saturated carbocycles. The first-order valence-corrected chi connectivity index (χ1v) is 2.98. The summed E-state index contributed by atoms with van der Waals surface area (Å²) in [5, 5.41) is 17.4. The SMILES string of the molecule is O=C1C=CC(O)CC1=CO. The molecule has 1 aliphatic rings. The quantitative estimate of drug-likeness (QED) is 0.376. The van der Waals surface area contributed by atoms with E-state index in [1.807, 2.05) is 0 Å². The Morgan fingerprint density at radius 1 is 1.70 bits per heavy atom. The summed E-state index contributed by atoms with van der Waals surface area (Å²) >= 11 is 0. The second kappa shape index (κ2) is 2.66. The molecule has 1 atom stereocenters. The molecule has 0 aromatic rings. The highest BCUT2D eigenvalue weighted by molar-refractivity contribution is 6.04. The van der Waals surface area contributed by atoms with Crippen molar-refractivity contribution in [2.24, 2.45) is 0 Å². The molecular formula is C7H8O3. The molecule has 0 aromatic heterocycles. The van der Waals surface area contributed by atoms with Gasteiger partial charge in [0, 0.05) is 12.0 Å². The Morgan fingerprint density at radius 3 is 2.90 bits per heavy atom. The number of hydrogen-bond acceptors (Lipinski definition) is 3. The van der Waals surface area contributed by atoms with Crippen molar-refractivity contribution in [3.63, 3.8) is 0 Å². The largest absolute Gasteiger partial charge is 0.515 e. The lowest BCUT2D eigenvalue weighted by Crippen LogP contribution is -2.14. The maximum absolute atomic E-state index is 10.7. The van der Waals surface area contributed by atoms with Crippen molar-refractivity contribution in [2.45, 2.75) is 12.5 Å². The van der Waals surface area contributed by atoms with Crippen molar-refractivity contribution in [1.29, 1.82) is 0 Å². The van der Waals surface area contributed by atoms with E-state index in [1.54, 1.807) is 0 Å². The van der Waals surface area contributed by atoms with Crippen molar-refractivity contribution in [3.8, 4) is 0 Å². The predicted octanol–water partition coefficient (Wildman–Crippen LogP) is 0.318. The van der Waals surface area contributed by atoms with E-state index in [2.05, 4.69) is 0 Å². The van der Waals surface area contributed by atoms with Gasteiger partial charge >= 0.3 is 0 Å². The number of rotatable bonds is 0. The van der Waals surface area contributed by atoms with Crippen LogP contribution in [-0.4, -0.2) is 22.1 Å². The van der Waals surface area contributed by atoms with Crippen molar-refractivity contribution in [2.75, 3.05) is 0 Å². The number of ketones is 1. The van der Waals surface area contributed by atoms with E-state index in [0.717, 1.165) is 6.26 Å². The third kappa shape index (κ3) is 1.25. The number of hydrogen-bond donors (Lipinski definition) is 2. The predicted molar refractivity (Wildman–Crippen MR) is 35.5 cm³/mol. The van der Waals surface area contributed by atoms with E-state index in [4.69, 9.17) is 10.2 Å². The Hall–Kier alpha value is -1.09. The number of carbonyl (C=O) groups excluding carboxylic acids is 1. The summed E-state index contributed by atoms with van der Waals surface area (Å²) in [7, 11) is 0. The van der Waals surface area contributed by atoms with E-state index in [0.29, 0.717) is 0 Å². The van der Waals surface area contributed by atoms with Gasteiger partial charge in [0.2, 0.25) is 0 Å². The average Bonchev–Trinajstić information content (AvgIpc) is 1.94. The molecule has 10 heavy (non-hydrogen) atoms. The van der Waals surface area contributed by atoms with Gasteiger partial charge in [0.15, 0.2) is 5.78 Å². The fraction of sp³-hybridized carbons (Fsp3) is 0.286. The molecule has 0 fully saturated rings. The molecule has 0 aromatic carbocycles. The highest BCUT2D eigenvalue weighted by Crippen LogP contribution is 2.13. The topological polar surface area (TPSA) is 57.5 Å². The van der Waals surface area contributed by atoms with Crippen LogP contribution in [0.3, 0.4) is 0 Å². The molecule has 0 saturated heterocycles. The summed E-state index contributed by atoms with van der Waals surface area (Å²) in [6.07, 6.45) is 3.00. The van der Waals surface area contributed by atoms with Crippen LogP contribution < -0.4 is 0 Å². The van der Waals surface area contributed by atoms with E-state index in [9.17, 15) is 4.79 Å². The zero-order chi connectivity index (χ0) is 7.56. The van der Waals surface area contributed by atoms with Crippen molar-refractivity contribution in [3.05, 3.63) is 24.0 Å². The second-order valence-corrected chi connectivity index (χ2v) is 2.15. The molecule has 0 spiro atoms. The van der Waals surface area contributed by atoms with Gasteiger partial charge in [0.05, 0.1) is 12.4 Å². The Kier molecular flexibility index (Phi) is 1.87. The van der Waals surface area contributed by atoms with Crippen LogP contribution in [0.15, 0.2) is 24.0 Å². The van der Waals surface area contributed by atoms with E-state index in [-0.39, 0.29) is 17.8 Å². The zero-order valence-electron chi connectivity index (χ0n) is 5.32. The Bertz CT molecular complexity index is 203.